The van der Waals surface area contributed by atoms with E-state index in [1.165, 1.54) is 4.88 Å². The van der Waals surface area contributed by atoms with Crippen molar-refractivity contribution >= 4 is 34.5 Å². The summed E-state index contributed by atoms with van der Waals surface area (Å²) in [5, 5.41) is 12.5. The van der Waals surface area contributed by atoms with Gasteiger partial charge in [-0.3, -0.25) is 0 Å². The lowest BCUT2D eigenvalue weighted by Gasteiger charge is -2.21. The van der Waals surface area contributed by atoms with Crippen molar-refractivity contribution in [3.8, 4) is 6.07 Å². The van der Waals surface area contributed by atoms with Crippen molar-refractivity contribution in [2.75, 3.05) is 0 Å². The standard InChI is InChI=1S/C14H11Cl2NS/c1-14(9-17,8-11-3-2-6-18-11)10-4-5-12(15)13(16)7-10/h2-7H,8H2,1H3. The zero-order chi connectivity index (χ0) is 13.2. The summed E-state index contributed by atoms with van der Waals surface area (Å²) in [4.78, 5) is 1.19. The molecule has 0 amide bonds. The monoisotopic (exact) mass is 295 g/mol. The number of rotatable bonds is 3. The smallest absolute Gasteiger partial charge is 0.0842 e. The first kappa shape index (κ1) is 13.4. The average Bonchev–Trinajstić information content (AvgIpc) is 2.85. The second-order valence-corrected chi connectivity index (χ2v) is 6.18. The Morgan fingerprint density at radius 2 is 2.06 bits per heavy atom. The summed E-state index contributed by atoms with van der Waals surface area (Å²) in [6, 6.07) is 11.8. The minimum atomic E-state index is -0.584. The zero-order valence-electron chi connectivity index (χ0n) is 9.78. The van der Waals surface area contributed by atoms with Gasteiger partial charge in [-0.1, -0.05) is 35.3 Å². The summed E-state index contributed by atoms with van der Waals surface area (Å²) in [5.41, 5.74) is 0.312. The van der Waals surface area contributed by atoms with Crippen molar-refractivity contribution in [3.63, 3.8) is 0 Å². The van der Waals surface area contributed by atoms with Crippen LogP contribution in [-0.4, -0.2) is 0 Å². The van der Waals surface area contributed by atoms with Gasteiger partial charge < -0.3 is 0 Å². The molecule has 0 aliphatic carbocycles. The summed E-state index contributed by atoms with van der Waals surface area (Å²) in [7, 11) is 0. The first-order valence-electron chi connectivity index (χ1n) is 5.44. The van der Waals surface area contributed by atoms with Crippen LogP contribution in [0.4, 0.5) is 0 Å². The Balaban J connectivity index is 2.37. The minimum absolute atomic E-state index is 0.488. The molecule has 1 unspecified atom stereocenters. The summed E-state index contributed by atoms with van der Waals surface area (Å²) in [5.74, 6) is 0. The van der Waals surface area contributed by atoms with E-state index in [1.807, 2.05) is 30.5 Å². The second kappa shape index (κ2) is 5.32. The lowest BCUT2D eigenvalue weighted by atomic mass is 9.80. The topological polar surface area (TPSA) is 23.8 Å². The normalized spacial score (nSPS) is 13.9. The highest BCUT2D eigenvalue weighted by Gasteiger charge is 2.27. The van der Waals surface area contributed by atoms with Gasteiger partial charge >= 0.3 is 0 Å². The predicted octanol–water partition coefficient (Wildman–Crippen LogP) is 5.08. The van der Waals surface area contributed by atoms with Crippen LogP contribution in [0.5, 0.6) is 0 Å². The van der Waals surface area contributed by atoms with Crippen molar-refractivity contribution in [2.45, 2.75) is 18.8 Å². The highest BCUT2D eigenvalue weighted by Crippen LogP contribution is 2.33. The van der Waals surface area contributed by atoms with E-state index in [4.69, 9.17) is 23.2 Å². The first-order valence-corrected chi connectivity index (χ1v) is 7.08. The van der Waals surface area contributed by atoms with Gasteiger partial charge in [-0.05, 0) is 36.1 Å². The number of halogens is 2. The number of nitriles is 1. The van der Waals surface area contributed by atoms with E-state index in [1.54, 1.807) is 23.5 Å². The average molecular weight is 296 g/mol. The molecule has 0 radical (unpaired) electrons. The van der Waals surface area contributed by atoms with Gasteiger partial charge in [-0.25, -0.2) is 0 Å². The van der Waals surface area contributed by atoms with Crippen LogP contribution in [0.1, 0.15) is 17.4 Å². The third-order valence-corrected chi connectivity index (χ3v) is 4.53. The van der Waals surface area contributed by atoms with Crippen molar-refractivity contribution < 1.29 is 0 Å². The molecule has 0 spiro atoms. The largest absolute Gasteiger partial charge is 0.197 e. The molecule has 4 heteroatoms. The van der Waals surface area contributed by atoms with Crippen molar-refractivity contribution in [1.82, 2.24) is 0 Å². The van der Waals surface area contributed by atoms with Crippen LogP contribution in [0.3, 0.4) is 0 Å². The molecule has 1 atom stereocenters. The number of hydrogen-bond donors (Lipinski definition) is 0. The van der Waals surface area contributed by atoms with Crippen molar-refractivity contribution in [1.29, 1.82) is 5.26 Å². The molecule has 2 rings (SSSR count). The zero-order valence-corrected chi connectivity index (χ0v) is 12.1. The van der Waals surface area contributed by atoms with Crippen LogP contribution in [0.15, 0.2) is 35.7 Å². The summed E-state index contributed by atoms with van der Waals surface area (Å²) in [6.07, 6.45) is 0.680. The van der Waals surface area contributed by atoms with Gasteiger partial charge in [0.2, 0.25) is 0 Å². The Bertz CT molecular complexity index is 586. The van der Waals surface area contributed by atoms with Crippen LogP contribution in [0.25, 0.3) is 0 Å². The van der Waals surface area contributed by atoms with E-state index < -0.39 is 5.41 Å². The number of benzene rings is 1. The van der Waals surface area contributed by atoms with Gasteiger partial charge in [-0.15, -0.1) is 11.3 Å². The summed E-state index contributed by atoms with van der Waals surface area (Å²) < 4.78 is 0. The molecule has 0 bridgehead atoms. The van der Waals surface area contributed by atoms with Gasteiger partial charge in [0.05, 0.1) is 21.5 Å². The molecule has 0 aliphatic rings. The molecule has 1 nitrogen and oxygen atoms in total. The Hall–Kier alpha value is -1.01. The molecule has 1 aromatic carbocycles. The minimum Gasteiger partial charge on any atom is -0.197 e. The van der Waals surface area contributed by atoms with Crippen molar-refractivity contribution in [2.24, 2.45) is 0 Å². The molecule has 2 aromatic rings. The van der Waals surface area contributed by atoms with Crippen LogP contribution >= 0.6 is 34.5 Å². The highest BCUT2D eigenvalue weighted by molar-refractivity contribution is 7.09. The fourth-order valence-corrected chi connectivity index (χ4v) is 2.97. The van der Waals surface area contributed by atoms with Gasteiger partial charge in [0, 0.05) is 11.3 Å². The van der Waals surface area contributed by atoms with Crippen LogP contribution in [0.2, 0.25) is 10.0 Å². The number of nitrogens with zero attached hydrogens (tertiary/aromatic N) is 1. The number of hydrogen-bond acceptors (Lipinski definition) is 2. The summed E-state index contributed by atoms with van der Waals surface area (Å²) >= 11 is 13.6. The molecule has 0 aliphatic heterocycles. The Morgan fingerprint density at radius 1 is 1.28 bits per heavy atom. The van der Waals surface area contributed by atoms with Gasteiger partial charge in [0.25, 0.3) is 0 Å². The Labute approximate surface area is 121 Å². The predicted molar refractivity (Wildman–Crippen MR) is 77.5 cm³/mol. The first-order chi connectivity index (χ1) is 8.55. The molecular formula is C14H11Cl2NS. The third-order valence-electron chi connectivity index (χ3n) is 2.91. The molecule has 0 saturated carbocycles. The van der Waals surface area contributed by atoms with Crippen LogP contribution < -0.4 is 0 Å². The van der Waals surface area contributed by atoms with Gasteiger partial charge in [0.15, 0.2) is 0 Å². The van der Waals surface area contributed by atoms with Crippen LogP contribution in [0, 0.1) is 11.3 Å². The molecule has 0 N–H and O–H groups in total. The molecule has 0 fully saturated rings. The maximum absolute atomic E-state index is 9.48. The lowest BCUT2D eigenvalue weighted by molar-refractivity contribution is 0.612. The molecule has 18 heavy (non-hydrogen) atoms. The van der Waals surface area contributed by atoms with Crippen LogP contribution in [-0.2, 0) is 11.8 Å². The van der Waals surface area contributed by atoms with E-state index >= 15 is 0 Å². The Morgan fingerprint density at radius 3 is 2.61 bits per heavy atom. The van der Waals surface area contributed by atoms with E-state index in [-0.39, 0.29) is 0 Å². The van der Waals surface area contributed by atoms with E-state index in [9.17, 15) is 5.26 Å². The van der Waals surface area contributed by atoms with Gasteiger partial charge in [-0.2, -0.15) is 5.26 Å². The molecular weight excluding hydrogens is 285 g/mol. The lowest BCUT2D eigenvalue weighted by Crippen LogP contribution is -2.22. The summed E-state index contributed by atoms with van der Waals surface area (Å²) in [6.45, 7) is 1.92. The third kappa shape index (κ3) is 2.70. The quantitative estimate of drug-likeness (QED) is 0.775. The second-order valence-electron chi connectivity index (χ2n) is 4.33. The highest BCUT2D eigenvalue weighted by atomic mass is 35.5. The molecule has 0 saturated heterocycles. The van der Waals surface area contributed by atoms with E-state index in [0.29, 0.717) is 16.5 Å². The molecule has 92 valence electrons. The van der Waals surface area contributed by atoms with Crippen molar-refractivity contribution in [3.05, 3.63) is 56.2 Å². The fourth-order valence-electron chi connectivity index (χ4n) is 1.81. The Kier molecular flexibility index (Phi) is 3.97. The maximum Gasteiger partial charge on any atom is 0.0842 e. The van der Waals surface area contributed by atoms with E-state index in [2.05, 4.69) is 6.07 Å². The number of thiophene rings is 1. The maximum atomic E-state index is 9.48. The fraction of sp³-hybridized carbons (Fsp3) is 0.214. The molecule has 1 aromatic heterocycles. The van der Waals surface area contributed by atoms with Gasteiger partial charge in [0.1, 0.15) is 0 Å². The SMILES string of the molecule is CC(C#N)(Cc1cccs1)c1ccc(Cl)c(Cl)c1. The molecule has 1 heterocycles. The van der Waals surface area contributed by atoms with E-state index in [0.717, 1.165) is 5.56 Å².